The van der Waals surface area contributed by atoms with Crippen molar-refractivity contribution in [2.24, 2.45) is 0 Å². The number of rotatable bonds is 9. The molecule has 1 aliphatic heterocycles. The Bertz CT molecular complexity index is 446. The number of amides is 2. The Balaban J connectivity index is 3.10. The molecule has 0 radical (unpaired) electrons. The van der Waals surface area contributed by atoms with Crippen molar-refractivity contribution in [2.45, 2.75) is 31.4 Å². The highest BCUT2D eigenvalue weighted by atomic mass is 16.6. The lowest BCUT2D eigenvalue weighted by Crippen LogP contribution is -2.51. The number of aliphatic hydroxyl groups is 1. The Hall–Kier alpha value is -1.56. The second kappa shape index (κ2) is 10.3. The topological polar surface area (TPSA) is 130 Å². The van der Waals surface area contributed by atoms with Gasteiger partial charge in [0.15, 0.2) is 6.23 Å². The summed E-state index contributed by atoms with van der Waals surface area (Å²) in [5, 5.41) is 21.3. The van der Waals surface area contributed by atoms with Crippen LogP contribution in [0.1, 0.15) is 6.92 Å². The standard InChI is InChI=1S/C14H25N3O7/c1-9(7-18)6-17(14(20)15-2)13-12(23-5-4-22-3)11(16-21)10(8-19)24-13/h6-7,10-13,16,19,21H,4-5,8H2,1-3H3,(H,15,20)/b9-6-/t10-,11-,12-,13-/m1/s1. The van der Waals surface area contributed by atoms with Gasteiger partial charge in [-0.2, -0.15) is 5.48 Å². The lowest BCUT2D eigenvalue weighted by Gasteiger charge is -2.30. The lowest BCUT2D eigenvalue weighted by atomic mass is 10.1. The first kappa shape index (κ1) is 20.5. The van der Waals surface area contributed by atoms with Gasteiger partial charge in [-0.1, -0.05) is 0 Å². The first-order chi connectivity index (χ1) is 11.5. The third-order valence-corrected chi connectivity index (χ3v) is 3.53. The largest absolute Gasteiger partial charge is 0.394 e. The number of hydroxylamine groups is 1. The highest BCUT2D eigenvalue weighted by molar-refractivity contribution is 5.78. The molecule has 1 saturated heterocycles. The molecule has 1 fully saturated rings. The summed E-state index contributed by atoms with van der Waals surface area (Å²) in [4.78, 5) is 24.2. The van der Waals surface area contributed by atoms with Gasteiger partial charge in [-0.15, -0.1) is 0 Å². The molecule has 10 heteroatoms. The van der Waals surface area contributed by atoms with E-state index in [2.05, 4.69) is 10.8 Å². The molecule has 4 N–H and O–H groups in total. The second-order valence-corrected chi connectivity index (χ2v) is 5.18. The van der Waals surface area contributed by atoms with E-state index in [0.717, 1.165) is 4.90 Å². The van der Waals surface area contributed by atoms with Crippen molar-refractivity contribution < 1.29 is 34.1 Å². The zero-order valence-electron chi connectivity index (χ0n) is 14.0. The fourth-order valence-electron chi connectivity index (χ4n) is 2.35. The Morgan fingerprint density at radius 3 is 2.62 bits per heavy atom. The molecule has 10 nitrogen and oxygen atoms in total. The zero-order valence-corrected chi connectivity index (χ0v) is 14.0. The van der Waals surface area contributed by atoms with E-state index in [1.807, 2.05) is 0 Å². The molecular formula is C14H25N3O7. The number of carbonyl (C=O) groups excluding carboxylic acids is 2. The number of nitrogens with zero attached hydrogens (tertiary/aromatic N) is 1. The summed E-state index contributed by atoms with van der Waals surface area (Å²) in [6, 6.07) is -1.30. The maximum atomic E-state index is 12.2. The number of urea groups is 1. The van der Waals surface area contributed by atoms with E-state index in [-0.39, 0.29) is 6.61 Å². The fourth-order valence-corrected chi connectivity index (χ4v) is 2.35. The maximum Gasteiger partial charge on any atom is 0.323 e. The summed E-state index contributed by atoms with van der Waals surface area (Å²) >= 11 is 0. The number of hydrogen-bond acceptors (Lipinski definition) is 8. The summed E-state index contributed by atoms with van der Waals surface area (Å²) in [5.41, 5.74) is 2.34. The molecule has 138 valence electrons. The van der Waals surface area contributed by atoms with Gasteiger partial charge in [0.2, 0.25) is 0 Å². The molecule has 0 saturated carbocycles. The Morgan fingerprint density at radius 2 is 2.12 bits per heavy atom. The van der Waals surface area contributed by atoms with E-state index in [0.29, 0.717) is 18.5 Å². The average Bonchev–Trinajstić information content (AvgIpc) is 2.96. The lowest BCUT2D eigenvalue weighted by molar-refractivity contribution is -0.105. The first-order valence-corrected chi connectivity index (χ1v) is 7.44. The van der Waals surface area contributed by atoms with E-state index in [1.54, 1.807) is 0 Å². The van der Waals surface area contributed by atoms with Crippen molar-refractivity contribution in [3.05, 3.63) is 11.8 Å². The maximum absolute atomic E-state index is 12.2. The minimum absolute atomic E-state index is 0.190. The van der Waals surface area contributed by atoms with Crippen molar-refractivity contribution in [1.82, 2.24) is 15.7 Å². The SMILES string of the molecule is CNC(=O)N(/C=C(/C)C=O)[C@@H]1O[C@H](CO)[C@@H](NO)[C@H]1OCCOC. The quantitative estimate of drug-likeness (QED) is 0.178. The number of aliphatic hydroxyl groups excluding tert-OH is 1. The van der Waals surface area contributed by atoms with Gasteiger partial charge in [0.05, 0.1) is 25.9 Å². The summed E-state index contributed by atoms with van der Waals surface area (Å²) in [7, 11) is 2.94. The summed E-state index contributed by atoms with van der Waals surface area (Å²) < 4.78 is 16.2. The van der Waals surface area contributed by atoms with Crippen LogP contribution in [0, 0.1) is 0 Å². The molecule has 1 rings (SSSR count). The molecule has 2 amide bonds. The monoisotopic (exact) mass is 347 g/mol. The minimum Gasteiger partial charge on any atom is -0.394 e. The highest BCUT2D eigenvalue weighted by Gasteiger charge is 2.48. The van der Waals surface area contributed by atoms with Gasteiger partial charge in [-0.3, -0.25) is 9.69 Å². The number of ether oxygens (including phenoxy) is 3. The van der Waals surface area contributed by atoms with Crippen LogP contribution >= 0.6 is 0 Å². The normalized spacial score (nSPS) is 27.1. The van der Waals surface area contributed by atoms with Crippen LogP contribution in [0.25, 0.3) is 0 Å². The molecule has 1 aliphatic rings. The minimum atomic E-state index is -0.960. The molecule has 1 heterocycles. The zero-order chi connectivity index (χ0) is 18.1. The van der Waals surface area contributed by atoms with Crippen molar-refractivity contribution in [1.29, 1.82) is 0 Å². The van der Waals surface area contributed by atoms with Crippen molar-refractivity contribution in [2.75, 3.05) is 34.0 Å². The van der Waals surface area contributed by atoms with Crippen LogP contribution in [0.5, 0.6) is 0 Å². The summed E-state index contributed by atoms with van der Waals surface area (Å²) in [6.07, 6.45) is -0.646. The smallest absolute Gasteiger partial charge is 0.323 e. The number of nitrogens with one attached hydrogen (secondary N) is 2. The Labute approximate surface area is 140 Å². The molecule has 0 unspecified atom stereocenters. The highest BCUT2D eigenvalue weighted by Crippen LogP contribution is 2.27. The van der Waals surface area contributed by atoms with Gasteiger partial charge in [0.25, 0.3) is 0 Å². The first-order valence-electron chi connectivity index (χ1n) is 7.44. The van der Waals surface area contributed by atoms with Gasteiger partial charge in [0.1, 0.15) is 18.5 Å². The molecule has 0 aromatic rings. The van der Waals surface area contributed by atoms with Gasteiger partial charge in [-0.25, -0.2) is 4.79 Å². The fraction of sp³-hybridized carbons (Fsp3) is 0.714. The van der Waals surface area contributed by atoms with Gasteiger partial charge in [-0.05, 0) is 6.92 Å². The molecule has 0 aromatic carbocycles. The summed E-state index contributed by atoms with van der Waals surface area (Å²) in [5.74, 6) is 0. The molecule has 0 aromatic heterocycles. The van der Waals surface area contributed by atoms with Gasteiger partial charge < -0.3 is 29.8 Å². The van der Waals surface area contributed by atoms with Crippen LogP contribution in [0.15, 0.2) is 11.8 Å². The number of methoxy groups -OCH3 is 1. The number of carbonyl (C=O) groups is 2. The molecule has 4 atom stereocenters. The van der Waals surface area contributed by atoms with Crippen LogP contribution in [-0.2, 0) is 19.0 Å². The van der Waals surface area contributed by atoms with Crippen LogP contribution in [0.3, 0.4) is 0 Å². The number of allylic oxidation sites excluding steroid dienone is 1. The molecule has 0 spiro atoms. The predicted molar refractivity (Wildman–Crippen MR) is 82.2 cm³/mol. The van der Waals surface area contributed by atoms with Crippen molar-refractivity contribution >= 4 is 12.3 Å². The average molecular weight is 347 g/mol. The van der Waals surface area contributed by atoms with Crippen molar-refractivity contribution in [3.8, 4) is 0 Å². The van der Waals surface area contributed by atoms with Gasteiger partial charge in [0, 0.05) is 25.9 Å². The molecule has 0 aliphatic carbocycles. The number of aldehydes is 1. The predicted octanol–water partition coefficient (Wildman–Crippen LogP) is -1.17. The molecular weight excluding hydrogens is 322 g/mol. The van der Waals surface area contributed by atoms with Crippen molar-refractivity contribution in [3.63, 3.8) is 0 Å². The van der Waals surface area contributed by atoms with Crippen LogP contribution in [0.4, 0.5) is 4.79 Å². The second-order valence-electron chi connectivity index (χ2n) is 5.18. The molecule has 24 heavy (non-hydrogen) atoms. The Morgan fingerprint density at radius 1 is 1.42 bits per heavy atom. The Kier molecular flexibility index (Phi) is 8.82. The van der Waals surface area contributed by atoms with Crippen LogP contribution < -0.4 is 10.8 Å². The molecule has 0 bridgehead atoms. The van der Waals surface area contributed by atoms with E-state index in [1.165, 1.54) is 27.3 Å². The van der Waals surface area contributed by atoms with E-state index in [4.69, 9.17) is 14.2 Å². The third kappa shape index (κ3) is 4.97. The van der Waals surface area contributed by atoms with Gasteiger partial charge >= 0.3 is 6.03 Å². The van der Waals surface area contributed by atoms with E-state index in [9.17, 15) is 19.9 Å². The van der Waals surface area contributed by atoms with E-state index >= 15 is 0 Å². The number of hydrogen-bond donors (Lipinski definition) is 4. The van der Waals surface area contributed by atoms with E-state index < -0.39 is 37.1 Å². The van der Waals surface area contributed by atoms with Crippen LogP contribution in [0.2, 0.25) is 0 Å². The third-order valence-electron chi connectivity index (χ3n) is 3.53. The summed E-state index contributed by atoms with van der Waals surface area (Å²) in [6.45, 7) is 1.63. The van der Waals surface area contributed by atoms with Crippen LogP contribution in [-0.4, -0.2) is 86.0 Å².